The molecule has 0 N–H and O–H groups in total. The molecule has 0 fully saturated rings. The summed E-state index contributed by atoms with van der Waals surface area (Å²) in [4.78, 5) is 24.9. The first-order valence-electron chi connectivity index (χ1n) is 8.49. The highest BCUT2D eigenvalue weighted by molar-refractivity contribution is 5.93. The molecule has 0 aliphatic rings. The van der Waals surface area contributed by atoms with Gasteiger partial charge in [-0.05, 0) is 49.4 Å². The average molecular weight is 381 g/mol. The third-order valence-corrected chi connectivity index (χ3v) is 3.82. The van der Waals surface area contributed by atoms with Gasteiger partial charge in [-0.15, -0.1) is 10.2 Å². The number of hydrogen-bond acceptors (Lipinski definition) is 7. The molecule has 1 heterocycles. The van der Waals surface area contributed by atoms with Crippen molar-refractivity contribution in [3.05, 3.63) is 60.2 Å². The zero-order valence-corrected chi connectivity index (χ0v) is 15.5. The fraction of sp³-hybridized carbons (Fsp3) is 0.200. The molecule has 8 nitrogen and oxygen atoms in total. The normalized spacial score (nSPS) is 10.5. The first-order valence-corrected chi connectivity index (χ1v) is 8.49. The first kappa shape index (κ1) is 19.1. The van der Waals surface area contributed by atoms with Gasteiger partial charge in [0, 0.05) is 5.57 Å². The molecule has 0 bridgehead atoms. The lowest BCUT2D eigenvalue weighted by atomic mass is 10.2. The topological polar surface area (TPSA) is 92.5 Å². The molecule has 0 amide bonds. The summed E-state index contributed by atoms with van der Waals surface area (Å²) in [6.45, 7) is 4.94. The van der Waals surface area contributed by atoms with Crippen molar-refractivity contribution >= 4 is 23.0 Å². The summed E-state index contributed by atoms with van der Waals surface area (Å²) in [5.74, 6) is -0.320. The molecule has 0 unspecified atom stereocenters. The van der Waals surface area contributed by atoms with Crippen LogP contribution in [0.4, 0.5) is 0 Å². The number of esters is 2. The lowest BCUT2D eigenvalue weighted by molar-refractivity contribution is -0.140. The van der Waals surface area contributed by atoms with Crippen LogP contribution in [-0.4, -0.2) is 47.3 Å². The minimum Gasteiger partial charge on any atom is -0.497 e. The highest BCUT2D eigenvalue weighted by atomic mass is 16.6. The van der Waals surface area contributed by atoms with E-state index in [-0.39, 0.29) is 18.8 Å². The Balaban J connectivity index is 1.67. The number of aromatic nitrogens is 3. The molecule has 0 radical (unpaired) electrons. The fourth-order valence-electron chi connectivity index (χ4n) is 2.35. The molecule has 3 aromatic rings. The Kier molecular flexibility index (Phi) is 5.69. The average Bonchev–Trinajstić information content (AvgIpc) is 3.14. The lowest BCUT2D eigenvalue weighted by Gasteiger charge is -2.06. The van der Waals surface area contributed by atoms with Gasteiger partial charge in [-0.2, -0.15) is 4.80 Å². The van der Waals surface area contributed by atoms with E-state index >= 15 is 0 Å². The Morgan fingerprint density at radius 1 is 1.00 bits per heavy atom. The van der Waals surface area contributed by atoms with E-state index in [1.165, 1.54) is 4.80 Å². The smallest absolute Gasteiger partial charge is 0.338 e. The van der Waals surface area contributed by atoms with Crippen LogP contribution in [-0.2, 0) is 14.3 Å². The predicted molar refractivity (Wildman–Crippen MR) is 101 cm³/mol. The van der Waals surface area contributed by atoms with Crippen molar-refractivity contribution in [1.82, 2.24) is 15.0 Å². The Bertz CT molecular complexity index is 1020. The fourth-order valence-corrected chi connectivity index (χ4v) is 2.35. The number of fused-ring (bicyclic) bond motifs is 1. The third-order valence-electron chi connectivity index (χ3n) is 3.82. The molecule has 0 atom stereocenters. The van der Waals surface area contributed by atoms with Gasteiger partial charge in [0.05, 0.1) is 18.4 Å². The molecule has 0 saturated heterocycles. The highest BCUT2D eigenvalue weighted by Crippen LogP contribution is 2.17. The second-order valence-electron chi connectivity index (χ2n) is 5.94. The van der Waals surface area contributed by atoms with Crippen LogP contribution in [0.1, 0.15) is 17.3 Å². The Morgan fingerprint density at radius 3 is 2.36 bits per heavy atom. The van der Waals surface area contributed by atoms with Crippen LogP contribution >= 0.6 is 0 Å². The van der Waals surface area contributed by atoms with Gasteiger partial charge in [-0.25, -0.2) is 9.59 Å². The third kappa shape index (κ3) is 4.35. The number of carbonyl (C=O) groups is 2. The monoisotopic (exact) mass is 381 g/mol. The van der Waals surface area contributed by atoms with Crippen molar-refractivity contribution in [1.29, 1.82) is 0 Å². The quantitative estimate of drug-likeness (QED) is 0.353. The van der Waals surface area contributed by atoms with Crippen molar-refractivity contribution in [2.24, 2.45) is 0 Å². The molecule has 0 spiro atoms. The van der Waals surface area contributed by atoms with Crippen LogP contribution < -0.4 is 4.74 Å². The number of hydrogen-bond donors (Lipinski definition) is 0. The van der Waals surface area contributed by atoms with Crippen LogP contribution in [0.15, 0.2) is 54.6 Å². The number of carbonyl (C=O) groups excluding carboxylic acids is 2. The maximum Gasteiger partial charge on any atom is 0.338 e. The summed E-state index contributed by atoms with van der Waals surface area (Å²) in [7, 11) is 1.60. The zero-order chi connectivity index (χ0) is 20.1. The van der Waals surface area contributed by atoms with E-state index < -0.39 is 11.9 Å². The van der Waals surface area contributed by atoms with E-state index in [0.29, 0.717) is 16.6 Å². The lowest BCUT2D eigenvalue weighted by Crippen LogP contribution is -2.14. The summed E-state index contributed by atoms with van der Waals surface area (Å²) in [6, 6.07) is 12.2. The van der Waals surface area contributed by atoms with E-state index in [4.69, 9.17) is 14.2 Å². The number of methoxy groups -OCH3 is 1. The SMILES string of the molecule is C=C(C)C(=O)OCCOC(=O)c1ccc2nn(-c3ccc(OC)cc3)nc2c1. The molecule has 0 aliphatic carbocycles. The molecular weight excluding hydrogens is 362 g/mol. The van der Waals surface area contributed by atoms with Crippen molar-refractivity contribution in [2.75, 3.05) is 20.3 Å². The predicted octanol–water partition coefficient (Wildman–Crippen LogP) is 2.71. The zero-order valence-electron chi connectivity index (χ0n) is 15.5. The molecule has 8 heteroatoms. The molecule has 1 aromatic heterocycles. The summed E-state index contributed by atoms with van der Waals surface area (Å²) in [6.07, 6.45) is 0. The largest absolute Gasteiger partial charge is 0.497 e. The van der Waals surface area contributed by atoms with Gasteiger partial charge >= 0.3 is 11.9 Å². The molecule has 144 valence electrons. The van der Waals surface area contributed by atoms with Gasteiger partial charge in [0.15, 0.2) is 0 Å². The Hall–Kier alpha value is -3.68. The van der Waals surface area contributed by atoms with Crippen LogP contribution in [0, 0.1) is 0 Å². The van der Waals surface area contributed by atoms with E-state index in [2.05, 4.69) is 16.8 Å². The van der Waals surface area contributed by atoms with Crippen LogP contribution in [0.25, 0.3) is 16.7 Å². The molecule has 3 rings (SSSR count). The van der Waals surface area contributed by atoms with Gasteiger partial charge in [-0.1, -0.05) is 6.58 Å². The highest BCUT2D eigenvalue weighted by Gasteiger charge is 2.12. The molecule has 0 saturated carbocycles. The Labute approximate surface area is 161 Å². The van der Waals surface area contributed by atoms with Gasteiger partial charge in [0.2, 0.25) is 0 Å². The molecule has 28 heavy (non-hydrogen) atoms. The summed E-state index contributed by atoms with van der Waals surface area (Å²) < 4.78 is 15.1. The standard InChI is InChI=1S/C20H19N3O5/c1-13(2)19(24)27-10-11-28-20(25)14-4-9-17-18(12-14)22-23(21-17)15-5-7-16(26-3)8-6-15/h4-9,12H,1,10-11H2,2-3H3. The van der Waals surface area contributed by atoms with Crippen LogP contribution in [0.2, 0.25) is 0 Å². The van der Waals surface area contributed by atoms with Crippen molar-refractivity contribution in [3.8, 4) is 11.4 Å². The summed E-state index contributed by atoms with van der Waals surface area (Å²) >= 11 is 0. The number of benzene rings is 2. The molecule has 0 aliphatic heterocycles. The number of nitrogens with zero attached hydrogens (tertiary/aromatic N) is 3. The van der Waals surface area contributed by atoms with Crippen molar-refractivity contribution in [2.45, 2.75) is 6.92 Å². The molecule has 2 aromatic carbocycles. The summed E-state index contributed by atoms with van der Waals surface area (Å²) in [5.41, 5.74) is 2.58. The first-order chi connectivity index (χ1) is 13.5. The second kappa shape index (κ2) is 8.34. The van der Waals surface area contributed by atoms with Crippen molar-refractivity contribution in [3.63, 3.8) is 0 Å². The van der Waals surface area contributed by atoms with Crippen LogP contribution in [0.3, 0.4) is 0 Å². The van der Waals surface area contributed by atoms with Crippen molar-refractivity contribution < 1.29 is 23.8 Å². The summed E-state index contributed by atoms with van der Waals surface area (Å²) in [5, 5.41) is 8.80. The van der Waals surface area contributed by atoms with E-state index in [1.807, 2.05) is 24.3 Å². The maximum atomic E-state index is 12.2. The van der Waals surface area contributed by atoms with E-state index in [1.54, 1.807) is 32.2 Å². The maximum absolute atomic E-state index is 12.2. The van der Waals surface area contributed by atoms with Crippen LogP contribution in [0.5, 0.6) is 5.75 Å². The van der Waals surface area contributed by atoms with Gasteiger partial charge < -0.3 is 14.2 Å². The minimum atomic E-state index is -0.535. The Morgan fingerprint density at radius 2 is 1.68 bits per heavy atom. The van der Waals surface area contributed by atoms with Gasteiger partial charge in [0.1, 0.15) is 30.0 Å². The number of rotatable bonds is 7. The minimum absolute atomic E-state index is 0.0344. The number of ether oxygens (including phenoxy) is 3. The second-order valence-corrected chi connectivity index (χ2v) is 5.94. The van der Waals surface area contributed by atoms with E-state index in [9.17, 15) is 9.59 Å². The van der Waals surface area contributed by atoms with Gasteiger partial charge in [-0.3, -0.25) is 0 Å². The molecular formula is C20H19N3O5. The van der Waals surface area contributed by atoms with Gasteiger partial charge in [0.25, 0.3) is 0 Å². The van der Waals surface area contributed by atoms with E-state index in [0.717, 1.165) is 11.4 Å².